The molecule has 0 nitrogen and oxygen atoms in total. The first-order valence-electron chi connectivity index (χ1n) is 0.575. The summed E-state index contributed by atoms with van der Waals surface area (Å²) in [5, 5.41) is 0. The molecule has 0 atom stereocenters. The van der Waals surface area contributed by atoms with E-state index in [1.54, 1.807) is 0 Å². The summed E-state index contributed by atoms with van der Waals surface area (Å²) in [7, 11) is 1.33. The molecular weight excluding hydrogens is 189 g/mol. The summed E-state index contributed by atoms with van der Waals surface area (Å²) in [4.78, 5) is 0. The van der Waals surface area contributed by atoms with Gasteiger partial charge in [0.25, 0.3) is 0 Å². The van der Waals surface area contributed by atoms with E-state index in [1.807, 2.05) is 6.26 Å². The van der Waals surface area contributed by atoms with Crippen molar-refractivity contribution in [3.63, 3.8) is 0 Å². The van der Waals surface area contributed by atoms with Gasteiger partial charge in [-0.05, 0) is 6.26 Å². The maximum absolute atomic E-state index is 4.31. The molecule has 0 aliphatic carbocycles. The van der Waals surface area contributed by atoms with Crippen molar-refractivity contribution in [1.82, 2.24) is 0 Å². The van der Waals surface area contributed by atoms with Gasteiger partial charge >= 0.3 is 32.7 Å². The van der Waals surface area contributed by atoms with Crippen molar-refractivity contribution in [3.8, 4) is 0 Å². The Morgan fingerprint density at radius 3 is 1.33 bits per heavy atom. The van der Waals surface area contributed by atoms with Crippen LogP contribution in [0.3, 0.4) is 0 Å². The summed E-state index contributed by atoms with van der Waals surface area (Å²) >= 11 is 4.31. The molecule has 0 saturated carbocycles. The van der Waals surface area contributed by atoms with Crippen LogP contribution in [0.4, 0.5) is 0 Å². The summed E-state index contributed by atoms with van der Waals surface area (Å²) in [6, 6.07) is 0. The van der Waals surface area contributed by atoms with E-state index in [9.17, 15) is 0 Å². The molecule has 0 aliphatic rings. The van der Waals surface area contributed by atoms with Gasteiger partial charge in [0, 0.05) is 0 Å². The number of hydrogen-bond donors (Lipinski definition) is 0. The average molecular weight is 198 g/mol. The molecular formula is C3H9S2Y. The third kappa shape index (κ3) is 41.2. The van der Waals surface area contributed by atoms with Gasteiger partial charge < -0.3 is 37.3 Å². The van der Waals surface area contributed by atoms with E-state index >= 15 is 0 Å². The van der Waals surface area contributed by atoms with Gasteiger partial charge in [0.1, 0.15) is 0 Å². The van der Waals surface area contributed by atoms with E-state index in [0.717, 1.165) is 0 Å². The molecule has 0 N–H and O–H groups in total. The Bertz CT molecular complexity index is 8.75. The van der Waals surface area contributed by atoms with Gasteiger partial charge in [0.2, 0.25) is 0 Å². The van der Waals surface area contributed by atoms with Crippen molar-refractivity contribution >= 4 is 22.5 Å². The van der Waals surface area contributed by atoms with E-state index in [4.69, 9.17) is 0 Å². The first kappa shape index (κ1) is 25.0. The topological polar surface area (TPSA) is 0 Å². The first-order valence-corrected chi connectivity index (χ1v) is 2.72. The molecule has 0 radical (unpaired) electrons. The minimum atomic E-state index is 0. The van der Waals surface area contributed by atoms with E-state index < -0.39 is 0 Å². The van der Waals surface area contributed by atoms with Crippen LogP contribution < -0.4 is 0 Å². The van der Waals surface area contributed by atoms with E-state index in [-0.39, 0.29) is 47.6 Å². The molecule has 0 spiro atoms. The molecule has 0 saturated heterocycles. The molecule has 0 aromatic rings. The molecule has 0 fully saturated rings. The molecule has 0 amide bonds. The minimum absolute atomic E-state index is 0. The van der Waals surface area contributed by atoms with E-state index in [1.165, 1.54) is 10.8 Å². The third-order valence-electron chi connectivity index (χ3n) is 0. The summed E-state index contributed by atoms with van der Waals surface area (Å²) in [5.74, 6) is 0. The van der Waals surface area contributed by atoms with Gasteiger partial charge in [0.15, 0.2) is 0 Å². The van der Waals surface area contributed by atoms with Crippen LogP contribution in [0.2, 0.25) is 0 Å². The summed E-state index contributed by atoms with van der Waals surface area (Å²) in [6.45, 7) is 0. The van der Waals surface area contributed by atoms with E-state index in [0.29, 0.717) is 0 Å². The van der Waals surface area contributed by atoms with Crippen LogP contribution in [0.1, 0.15) is 0 Å². The van der Waals surface area contributed by atoms with Crippen molar-refractivity contribution in [2.75, 3.05) is 6.26 Å². The fourth-order valence-corrected chi connectivity index (χ4v) is 0. The zero-order chi connectivity index (χ0) is 2.71. The van der Waals surface area contributed by atoms with Crippen LogP contribution in [-0.4, -0.2) is 6.26 Å². The fraction of sp³-hybridized carbons (Fsp3) is 0.333. The van der Waals surface area contributed by atoms with Gasteiger partial charge in [-0.3, -0.25) is 0 Å². The van der Waals surface area contributed by atoms with Crippen molar-refractivity contribution in [1.29, 1.82) is 0 Å². The van der Waals surface area contributed by atoms with Gasteiger partial charge in [-0.2, -0.15) is 0 Å². The quantitative estimate of drug-likeness (QED) is 0.330. The Morgan fingerprint density at radius 1 is 1.33 bits per heavy atom. The first-order chi connectivity index (χ1) is 1.41. The Kier molecular flexibility index (Phi) is 121. The van der Waals surface area contributed by atoms with Crippen molar-refractivity contribution in [3.05, 3.63) is 14.9 Å². The monoisotopic (exact) mass is 198 g/mol. The van der Waals surface area contributed by atoms with E-state index in [2.05, 4.69) is 11.7 Å². The van der Waals surface area contributed by atoms with Crippen LogP contribution in [-0.2, 0) is 44.4 Å². The summed E-state index contributed by atoms with van der Waals surface area (Å²) in [5.41, 5.74) is 0. The minimum Gasteiger partial charge on any atom is -0.719 e. The Morgan fingerprint density at radius 2 is 1.33 bits per heavy atom. The van der Waals surface area contributed by atoms with Crippen LogP contribution in [0.15, 0.2) is 0 Å². The zero-order valence-corrected chi connectivity index (χ0v) is 8.87. The molecule has 36 valence electrons. The predicted octanol–water partition coefficient (Wildman–Crippen LogP) is 1.71. The summed E-state index contributed by atoms with van der Waals surface area (Å²) < 4.78 is 0. The zero-order valence-electron chi connectivity index (χ0n) is 4.39. The van der Waals surface area contributed by atoms with Gasteiger partial charge in [-0.25, -0.2) is 0 Å². The van der Waals surface area contributed by atoms with Crippen LogP contribution in [0.25, 0.3) is 0 Å². The predicted molar refractivity (Wildman–Crippen MR) is 33.7 cm³/mol. The second-order valence-corrected chi connectivity index (χ2v) is 1.50. The molecule has 0 bridgehead atoms. The van der Waals surface area contributed by atoms with Gasteiger partial charge in [0.05, 0.1) is 0 Å². The number of hydrogen-bond acceptors (Lipinski definition) is 2. The Hall–Kier alpha value is 1.80. The molecule has 3 heteroatoms. The summed E-state index contributed by atoms with van der Waals surface area (Å²) in [6.07, 6.45) is 1.86. The van der Waals surface area contributed by atoms with Crippen molar-refractivity contribution < 1.29 is 32.7 Å². The second kappa shape index (κ2) is 29.2. The molecule has 0 unspecified atom stereocenters. The standard InChI is InChI=1S/CH4S2.2CH3.Y/c1-3-2;;;/h2H,1H3;2*1H3;/q;2*-1;+3/p-1. The normalized spacial score (nSPS) is 3.00. The maximum atomic E-state index is 4.31. The molecule has 0 aliphatic heterocycles. The van der Waals surface area contributed by atoms with Crippen LogP contribution >= 0.6 is 10.8 Å². The Balaban J connectivity index is -0.00000000667. The third-order valence-corrected chi connectivity index (χ3v) is 0. The molecule has 6 heavy (non-hydrogen) atoms. The molecule has 0 rings (SSSR count). The van der Waals surface area contributed by atoms with Gasteiger partial charge in [-0.1, -0.05) is 0 Å². The second-order valence-electron chi connectivity index (χ2n) is 0.167. The molecule has 0 aromatic carbocycles. The van der Waals surface area contributed by atoms with Crippen molar-refractivity contribution in [2.45, 2.75) is 0 Å². The molecule has 0 heterocycles. The Labute approximate surface area is 75.5 Å². The largest absolute Gasteiger partial charge is 3.00 e. The van der Waals surface area contributed by atoms with Crippen LogP contribution in [0, 0.1) is 14.9 Å². The average Bonchev–Trinajstić information content (AvgIpc) is 0.918. The maximum Gasteiger partial charge on any atom is 3.00 e. The number of rotatable bonds is 0. The fourth-order valence-electron chi connectivity index (χ4n) is 0. The van der Waals surface area contributed by atoms with Crippen molar-refractivity contribution in [2.24, 2.45) is 0 Å². The van der Waals surface area contributed by atoms with Gasteiger partial charge in [-0.15, -0.1) is 0 Å². The smallest absolute Gasteiger partial charge is 0.719 e. The molecule has 0 aromatic heterocycles. The SMILES string of the molecule is CS[S-].[CH3-].[CH3-].[Y+3]. The van der Waals surface area contributed by atoms with Crippen LogP contribution in [0.5, 0.6) is 0 Å².